The number of aromatic hydroxyl groups is 2. The van der Waals surface area contributed by atoms with Crippen molar-refractivity contribution >= 4 is 24.2 Å². The van der Waals surface area contributed by atoms with Crippen LogP contribution in [0.4, 0.5) is 0 Å². The molecule has 2 aromatic carbocycles. The topological polar surface area (TPSA) is 142 Å². The molecule has 0 unspecified atom stereocenters. The lowest BCUT2D eigenvalue weighted by Crippen LogP contribution is -2.22. The van der Waals surface area contributed by atoms with E-state index in [-0.39, 0.29) is 24.3 Å². The van der Waals surface area contributed by atoms with E-state index in [0.717, 1.165) is 0 Å². The maximum absolute atomic E-state index is 11.8. The largest absolute Gasteiger partial charge is 0.504 e. The summed E-state index contributed by atoms with van der Waals surface area (Å²) in [5.74, 6) is -0.234. The molecule has 0 heterocycles. The Hall–Kier alpha value is -4.08. The van der Waals surface area contributed by atoms with Gasteiger partial charge in [-0.15, -0.1) is 0 Å². The number of carbonyl (C=O) groups excluding carboxylic acids is 2. The summed E-state index contributed by atoms with van der Waals surface area (Å²) < 4.78 is 10.5. The molecule has 2 aromatic rings. The van der Waals surface area contributed by atoms with E-state index in [1.54, 1.807) is 24.3 Å². The smallest absolute Gasteiger partial charge is 0.240 e. The summed E-state index contributed by atoms with van der Waals surface area (Å²) >= 11 is 0. The van der Waals surface area contributed by atoms with E-state index in [0.29, 0.717) is 35.8 Å². The number of amides is 2. The molecule has 2 amide bonds. The van der Waals surface area contributed by atoms with Gasteiger partial charge in [0.1, 0.15) is 0 Å². The molecule has 0 saturated carbocycles. The number of rotatable bonds is 11. The Morgan fingerprint density at radius 2 is 1.22 bits per heavy atom. The molecular weight excluding hydrogens is 416 g/mol. The van der Waals surface area contributed by atoms with Gasteiger partial charge in [-0.1, -0.05) is 0 Å². The fraction of sp³-hybridized carbons (Fsp3) is 0.273. The van der Waals surface area contributed by atoms with Gasteiger partial charge >= 0.3 is 0 Å². The lowest BCUT2D eigenvalue weighted by molar-refractivity contribution is -0.126. The Bertz CT molecular complexity index is 911. The number of phenols is 2. The predicted molar refractivity (Wildman–Crippen MR) is 119 cm³/mol. The second-order valence-electron chi connectivity index (χ2n) is 6.41. The van der Waals surface area contributed by atoms with Crippen LogP contribution in [0.25, 0.3) is 0 Å². The van der Waals surface area contributed by atoms with Crippen LogP contribution in [0.5, 0.6) is 23.0 Å². The Balaban J connectivity index is 1.73. The lowest BCUT2D eigenvalue weighted by Gasteiger charge is -2.05. The van der Waals surface area contributed by atoms with Crippen LogP contribution in [0.1, 0.15) is 37.8 Å². The standard InChI is InChI=1S/C22H26N4O6/c1-3-31-19-7-5-15(11-17(19)27)13-23-25-21(29)9-10-22(30)26-24-14-16-6-8-20(32-4-2)18(28)12-16/h5-8,11-14,27-28H,3-4,9-10H2,1-2H3,(H,25,29)(H,26,30). The molecule has 0 saturated heterocycles. The molecule has 4 N–H and O–H groups in total. The van der Waals surface area contributed by atoms with Gasteiger partial charge in [0.2, 0.25) is 11.8 Å². The number of carbonyl (C=O) groups is 2. The van der Waals surface area contributed by atoms with Gasteiger partial charge in [-0.05, 0) is 61.4 Å². The van der Waals surface area contributed by atoms with E-state index in [4.69, 9.17) is 9.47 Å². The second-order valence-corrected chi connectivity index (χ2v) is 6.41. The van der Waals surface area contributed by atoms with Crippen LogP contribution in [0.3, 0.4) is 0 Å². The van der Waals surface area contributed by atoms with Crippen molar-refractivity contribution in [3.8, 4) is 23.0 Å². The van der Waals surface area contributed by atoms with Crippen molar-refractivity contribution in [2.45, 2.75) is 26.7 Å². The number of hydrogen-bond acceptors (Lipinski definition) is 8. The van der Waals surface area contributed by atoms with Crippen molar-refractivity contribution in [2.75, 3.05) is 13.2 Å². The highest BCUT2D eigenvalue weighted by Gasteiger charge is 2.06. The van der Waals surface area contributed by atoms with E-state index in [1.165, 1.54) is 24.6 Å². The predicted octanol–water partition coefficient (Wildman–Crippen LogP) is 2.28. The van der Waals surface area contributed by atoms with E-state index in [9.17, 15) is 19.8 Å². The molecule has 10 heteroatoms. The summed E-state index contributed by atoms with van der Waals surface area (Å²) in [4.78, 5) is 23.6. The van der Waals surface area contributed by atoms with Crippen molar-refractivity contribution in [2.24, 2.45) is 10.2 Å². The van der Waals surface area contributed by atoms with Gasteiger partial charge in [-0.3, -0.25) is 9.59 Å². The first-order chi connectivity index (χ1) is 15.4. The zero-order valence-corrected chi connectivity index (χ0v) is 17.9. The maximum Gasteiger partial charge on any atom is 0.240 e. The van der Waals surface area contributed by atoms with Crippen LogP contribution >= 0.6 is 0 Å². The van der Waals surface area contributed by atoms with Gasteiger partial charge in [0.05, 0.1) is 25.6 Å². The molecule has 32 heavy (non-hydrogen) atoms. The minimum absolute atomic E-state index is 0.0280. The summed E-state index contributed by atoms with van der Waals surface area (Å²) in [5, 5.41) is 27.2. The van der Waals surface area contributed by atoms with E-state index in [1.807, 2.05) is 13.8 Å². The molecule has 0 spiro atoms. The van der Waals surface area contributed by atoms with Gasteiger partial charge in [-0.25, -0.2) is 10.9 Å². The van der Waals surface area contributed by atoms with Gasteiger partial charge < -0.3 is 19.7 Å². The average molecular weight is 442 g/mol. The van der Waals surface area contributed by atoms with Crippen LogP contribution in [-0.4, -0.2) is 47.7 Å². The molecule has 0 fully saturated rings. The minimum Gasteiger partial charge on any atom is -0.504 e. The summed E-state index contributed by atoms with van der Waals surface area (Å²) in [6.07, 6.45) is 2.56. The fourth-order valence-electron chi connectivity index (χ4n) is 2.48. The molecule has 0 bridgehead atoms. The Morgan fingerprint density at radius 3 is 1.56 bits per heavy atom. The summed E-state index contributed by atoms with van der Waals surface area (Å²) in [6.45, 7) is 4.48. The molecule has 170 valence electrons. The van der Waals surface area contributed by atoms with Crippen LogP contribution in [0.15, 0.2) is 46.6 Å². The Morgan fingerprint density at radius 1 is 0.812 bits per heavy atom. The Labute approximate surface area is 185 Å². The molecule has 0 atom stereocenters. The van der Waals surface area contributed by atoms with Crippen LogP contribution in [0.2, 0.25) is 0 Å². The van der Waals surface area contributed by atoms with Gasteiger partial charge in [0, 0.05) is 12.8 Å². The van der Waals surface area contributed by atoms with Crippen molar-refractivity contribution in [1.29, 1.82) is 0 Å². The highest BCUT2D eigenvalue weighted by Crippen LogP contribution is 2.26. The van der Waals surface area contributed by atoms with E-state index in [2.05, 4.69) is 21.1 Å². The van der Waals surface area contributed by atoms with Crippen LogP contribution in [-0.2, 0) is 9.59 Å². The monoisotopic (exact) mass is 442 g/mol. The third-order valence-corrected chi connectivity index (χ3v) is 3.95. The van der Waals surface area contributed by atoms with Crippen LogP contribution < -0.4 is 20.3 Å². The van der Waals surface area contributed by atoms with E-state index >= 15 is 0 Å². The Kier molecular flexibility index (Phi) is 9.51. The third-order valence-electron chi connectivity index (χ3n) is 3.95. The first-order valence-electron chi connectivity index (χ1n) is 9.98. The van der Waals surface area contributed by atoms with Crippen LogP contribution in [0, 0.1) is 0 Å². The maximum atomic E-state index is 11.8. The van der Waals surface area contributed by atoms with Gasteiger partial charge in [-0.2, -0.15) is 10.2 Å². The van der Waals surface area contributed by atoms with Gasteiger partial charge in [0.25, 0.3) is 0 Å². The first kappa shape index (κ1) is 24.2. The van der Waals surface area contributed by atoms with Crippen molar-refractivity contribution in [3.05, 3.63) is 47.5 Å². The second kappa shape index (κ2) is 12.6. The lowest BCUT2D eigenvalue weighted by atomic mass is 10.2. The normalized spacial score (nSPS) is 10.9. The zero-order valence-electron chi connectivity index (χ0n) is 17.9. The zero-order chi connectivity index (χ0) is 23.3. The average Bonchev–Trinajstić information content (AvgIpc) is 2.76. The molecule has 0 aliphatic carbocycles. The molecule has 0 radical (unpaired) electrons. The number of ether oxygens (including phenoxy) is 2. The van der Waals surface area contributed by atoms with Crippen molar-refractivity contribution in [1.82, 2.24) is 10.9 Å². The van der Waals surface area contributed by atoms with Crippen molar-refractivity contribution < 1.29 is 29.3 Å². The van der Waals surface area contributed by atoms with Gasteiger partial charge in [0.15, 0.2) is 23.0 Å². The third kappa shape index (κ3) is 7.98. The van der Waals surface area contributed by atoms with E-state index < -0.39 is 11.8 Å². The summed E-state index contributed by atoms with van der Waals surface area (Å²) in [5.41, 5.74) is 5.75. The summed E-state index contributed by atoms with van der Waals surface area (Å²) in [7, 11) is 0. The molecular formula is C22H26N4O6. The minimum atomic E-state index is -0.452. The molecule has 2 rings (SSSR count). The SMILES string of the molecule is CCOc1ccc(C=NNC(=O)CCC(=O)NN=Cc2ccc(OCC)c(O)c2)cc1O. The first-order valence-corrected chi connectivity index (χ1v) is 9.98. The fourth-order valence-corrected chi connectivity index (χ4v) is 2.48. The number of hydrogen-bond donors (Lipinski definition) is 4. The highest BCUT2D eigenvalue weighted by molar-refractivity contribution is 5.87. The number of nitrogens with one attached hydrogen (secondary N) is 2. The number of hydrazone groups is 2. The number of phenolic OH excluding ortho intramolecular Hbond substituents is 2. The quantitative estimate of drug-likeness (QED) is 0.311. The molecule has 0 aromatic heterocycles. The number of nitrogens with zero attached hydrogens (tertiary/aromatic N) is 2. The molecule has 10 nitrogen and oxygen atoms in total. The highest BCUT2D eigenvalue weighted by atomic mass is 16.5. The molecule has 0 aliphatic rings. The number of benzene rings is 2. The molecule has 0 aliphatic heterocycles. The van der Waals surface area contributed by atoms with Crippen molar-refractivity contribution in [3.63, 3.8) is 0 Å². The summed E-state index contributed by atoms with van der Waals surface area (Å²) in [6, 6.07) is 9.46.